The molecular weight excluding hydrogens is 168 g/mol. The summed E-state index contributed by atoms with van der Waals surface area (Å²) >= 11 is 0.522. The highest BCUT2D eigenvalue weighted by molar-refractivity contribution is 8.30. The monoisotopic (exact) mass is 174 g/mol. The second kappa shape index (κ2) is 2.31. The molecule has 11 heavy (non-hydrogen) atoms. The standard InChI is InChI=1S/C5H6N2O3S/c6-2(8)1-5(7)3(9)11-4(5)10/h1,7H2,(H2,6,8). The Morgan fingerprint density at radius 2 is 1.91 bits per heavy atom. The number of hydrogen-bond donors (Lipinski definition) is 2. The lowest BCUT2D eigenvalue weighted by molar-refractivity contribution is -0.133. The quantitative estimate of drug-likeness (QED) is 0.488. The van der Waals surface area contributed by atoms with Gasteiger partial charge in [0.1, 0.15) is 0 Å². The van der Waals surface area contributed by atoms with Crippen molar-refractivity contribution in [2.24, 2.45) is 11.5 Å². The smallest absolute Gasteiger partial charge is 0.225 e. The summed E-state index contributed by atoms with van der Waals surface area (Å²) in [5.41, 5.74) is 8.42. The Kier molecular flexibility index (Phi) is 1.73. The zero-order valence-electron chi connectivity index (χ0n) is 5.49. The molecule has 60 valence electrons. The largest absolute Gasteiger partial charge is 0.370 e. The summed E-state index contributed by atoms with van der Waals surface area (Å²) in [5.74, 6) is -0.741. The molecule has 0 aromatic carbocycles. The molecule has 6 heteroatoms. The predicted octanol–water partition coefficient (Wildman–Crippen LogP) is -1.64. The van der Waals surface area contributed by atoms with E-state index in [1.54, 1.807) is 0 Å². The van der Waals surface area contributed by atoms with Crippen molar-refractivity contribution < 1.29 is 14.4 Å². The van der Waals surface area contributed by atoms with Crippen LogP contribution >= 0.6 is 11.8 Å². The Morgan fingerprint density at radius 1 is 1.45 bits per heavy atom. The third kappa shape index (κ3) is 1.14. The van der Waals surface area contributed by atoms with Gasteiger partial charge < -0.3 is 11.5 Å². The van der Waals surface area contributed by atoms with Crippen LogP contribution in [0.25, 0.3) is 0 Å². The highest BCUT2D eigenvalue weighted by atomic mass is 32.2. The molecule has 0 aromatic heterocycles. The lowest BCUT2D eigenvalue weighted by Gasteiger charge is -2.30. The van der Waals surface area contributed by atoms with Gasteiger partial charge in [-0.15, -0.1) is 0 Å². The van der Waals surface area contributed by atoms with Gasteiger partial charge in [0.15, 0.2) is 5.54 Å². The molecule has 1 aliphatic rings. The van der Waals surface area contributed by atoms with E-state index in [9.17, 15) is 14.4 Å². The summed E-state index contributed by atoms with van der Waals surface area (Å²) in [6, 6.07) is 0. The molecular formula is C5H6N2O3S. The molecule has 0 aliphatic carbocycles. The van der Waals surface area contributed by atoms with Crippen molar-refractivity contribution in [2.75, 3.05) is 0 Å². The van der Waals surface area contributed by atoms with Crippen molar-refractivity contribution in [3.8, 4) is 0 Å². The van der Waals surface area contributed by atoms with Crippen molar-refractivity contribution >= 4 is 27.9 Å². The summed E-state index contributed by atoms with van der Waals surface area (Å²) < 4.78 is 0. The average molecular weight is 174 g/mol. The zero-order chi connectivity index (χ0) is 8.65. The van der Waals surface area contributed by atoms with Crippen LogP contribution in [-0.4, -0.2) is 21.7 Å². The van der Waals surface area contributed by atoms with Crippen LogP contribution in [0.3, 0.4) is 0 Å². The van der Waals surface area contributed by atoms with Gasteiger partial charge in [0.05, 0.1) is 6.42 Å². The van der Waals surface area contributed by atoms with Gasteiger partial charge in [-0.1, -0.05) is 0 Å². The van der Waals surface area contributed by atoms with E-state index >= 15 is 0 Å². The van der Waals surface area contributed by atoms with Gasteiger partial charge in [0, 0.05) is 0 Å². The van der Waals surface area contributed by atoms with Crippen LogP contribution < -0.4 is 11.5 Å². The molecule has 0 bridgehead atoms. The van der Waals surface area contributed by atoms with Gasteiger partial charge in [0.25, 0.3) is 0 Å². The summed E-state index contributed by atoms with van der Waals surface area (Å²) in [6.07, 6.45) is -0.391. The van der Waals surface area contributed by atoms with Gasteiger partial charge >= 0.3 is 0 Å². The Balaban J connectivity index is 2.73. The Bertz CT molecular complexity index is 236. The SMILES string of the molecule is NC(=O)CC1(N)C(=O)SC1=O. The maximum absolute atomic E-state index is 10.7. The zero-order valence-corrected chi connectivity index (χ0v) is 6.31. The van der Waals surface area contributed by atoms with Crippen LogP contribution in [0, 0.1) is 0 Å². The highest BCUT2D eigenvalue weighted by Crippen LogP contribution is 2.33. The lowest BCUT2D eigenvalue weighted by Crippen LogP contribution is -2.62. The average Bonchev–Trinajstić information content (AvgIpc) is 1.87. The molecule has 0 aromatic rings. The molecule has 1 amide bonds. The molecule has 4 N–H and O–H groups in total. The van der Waals surface area contributed by atoms with Gasteiger partial charge in [-0.2, -0.15) is 0 Å². The predicted molar refractivity (Wildman–Crippen MR) is 38.3 cm³/mol. The minimum atomic E-state index is -1.63. The van der Waals surface area contributed by atoms with Gasteiger partial charge in [0.2, 0.25) is 16.1 Å². The third-order valence-electron chi connectivity index (χ3n) is 1.37. The number of hydrogen-bond acceptors (Lipinski definition) is 5. The van der Waals surface area contributed by atoms with Gasteiger partial charge in [-0.05, 0) is 11.8 Å². The van der Waals surface area contributed by atoms with Crippen molar-refractivity contribution in [1.29, 1.82) is 0 Å². The fraction of sp³-hybridized carbons (Fsp3) is 0.400. The molecule has 0 radical (unpaired) electrons. The molecule has 1 rings (SSSR count). The number of thioether (sulfide) groups is 1. The first-order valence-electron chi connectivity index (χ1n) is 2.81. The number of amides is 1. The fourth-order valence-electron chi connectivity index (χ4n) is 0.722. The van der Waals surface area contributed by atoms with Crippen molar-refractivity contribution in [3.05, 3.63) is 0 Å². The van der Waals surface area contributed by atoms with E-state index in [-0.39, 0.29) is 0 Å². The molecule has 5 nitrogen and oxygen atoms in total. The normalized spacial score (nSPS) is 21.2. The summed E-state index contributed by atoms with van der Waals surface area (Å²) in [6.45, 7) is 0. The van der Waals surface area contributed by atoms with Crippen molar-refractivity contribution in [1.82, 2.24) is 0 Å². The van der Waals surface area contributed by atoms with E-state index in [2.05, 4.69) is 0 Å². The Morgan fingerprint density at radius 3 is 2.09 bits per heavy atom. The Hall–Kier alpha value is -0.880. The van der Waals surface area contributed by atoms with Gasteiger partial charge in [-0.25, -0.2) is 0 Å². The molecule has 1 fully saturated rings. The summed E-state index contributed by atoms with van der Waals surface area (Å²) in [7, 11) is 0. The van der Waals surface area contributed by atoms with E-state index in [1.807, 2.05) is 0 Å². The number of nitrogens with two attached hydrogens (primary N) is 2. The molecule has 0 saturated carbocycles. The van der Waals surface area contributed by atoms with E-state index in [4.69, 9.17) is 11.5 Å². The van der Waals surface area contributed by atoms with Crippen LogP contribution in [-0.2, 0) is 14.4 Å². The first-order valence-corrected chi connectivity index (χ1v) is 3.62. The maximum atomic E-state index is 10.7. The fourth-order valence-corrected chi connectivity index (χ4v) is 1.43. The number of carbonyl (C=O) groups is 3. The van der Waals surface area contributed by atoms with Gasteiger partial charge in [-0.3, -0.25) is 14.4 Å². The van der Waals surface area contributed by atoms with Crippen LogP contribution in [0.4, 0.5) is 0 Å². The van der Waals surface area contributed by atoms with E-state index in [1.165, 1.54) is 0 Å². The van der Waals surface area contributed by atoms with E-state index in [0.29, 0.717) is 11.8 Å². The molecule has 0 unspecified atom stereocenters. The lowest BCUT2D eigenvalue weighted by atomic mass is 9.99. The minimum absolute atomic E-state index is 0.391. The van der Waals surface area contributed by atoms with Crippen LogP contribution in [0.15, 0.2) is 0 Å². The molecule has 0 atom stereocenters. The third-order valence-corrected chi connectivity index (χ3v) is 2.47. The summed E-state index contributed by atoms with van der Waals surface area (Å²) in [5, 5.41) is -0.970. The Labute approximate surface area is 66.5 Å². The van der Waals surface area contributed by atoms with E-state index in [0.717, 1.165) is 0 Å². The number of primary amides is 1. The van der Waals surface area contributed by atoms with Crippen molar-refractivity contribution in [3.63, 3.8) is 0 Å². The van der Waals surface area contributed by atoms with Crippen LogP contribution in [0.5, 0.6) is 0 Å². The number of carbonyl (C=O) groups excluding carboxylic acids is 3. The van der Waals surface area contributed by atoms with E-state index < -0.39 is 28.1 Å². The topological polar surface area (TPSA) is 103 Å². The molecule has 0 spiro atoms. The second-order valence-corrected chi connectivity index (χ2v) is 3.24. The van der Waals surface area contributed by atoms with Crippen LogP contribution in [0.2, 0.25) is 0 Å². The summed E-state index contributed by atoms with van der Waals surface area (Å²) in [4.78, 5) is 31.7. The minimum Gasteiger partial charge on any atom is -0.370 e. The van der Waals surface area contributed by atoms with Crippen LogP contribution in [0.1, 0.15) is 6.42 Å². The first-order chi connectivity index (χ1) is 4.97. The molecule has 1 saturated heterocycles. The highest BCUT2D eigenvalue weighted by Gasteiger charge is 2.54. The molecule has 1 aliphatic heterocycles. The maximum Gasteiger partial charge on any atom is 0.225 e. The number of rotatable bonds is 2. The second-order valence-electron chi connectivity index (χ2n) is 2.29. The molecule has 1 heterocycles. The first kappa shape index (κ1) is 8.22. The van der Waals surface area contributed by atoms with Crippen molar-refractivity contribution in [2.45, 2.75) is 12.0 Å².